The van der Waals surface area contributed by atoms with E-state index in [0.717, 1.165) is 12.1 Å². The molecule has 0 spiro atoms. The van der Waals surface area contributed by atoms with Crippen molar-refractivity contribution in [3.8, 4) is 5.75 Å². The van der Waals surface area contributed by atoms with Crippen LogP contribution in [0.15, 0.2) is 73.2 Å². The van der Waals surface area contributed by atoms with Gasteiger partial charge in [-0.2, -0.15) is 23.4 Å². The number of carbonyl (C=O) groups is 1. The predicted molar refractivity (Wildman–Crippen MR) is 115 cm³/mol. The fourth-order valence-electron chi connectivity index (χ4n) is 2.99. The molecule has 7 nitrogen and oxygen atoms in total. The van der Waals surface area contributed by atoms with Crippen LogP contribution in [0.3, 0.4) is 0 Å². The van der Waals surface area contributed by atoms with Crippen molar-refractivity contribution in [1.82, 2.24) is 19.6 Å². The van der Waals surface area contributed by atoms with Gasteiger partial charge in [-0.1, -0.05) is 35.9 Å². The molecule has 0 aliphatic carbocycles. The maximum atomic E-state index is 12.9. The average Bonchev–Trinajstić information content (AvgIpc) is 3.42. The summed E-state index contributed by atoms with van der Waals surface area (Å²) in [7, 11) is 0. The third kappa shape index (κ3) is 5.72. The van der Waals surface area contributed by atoms with E-state index < -0.39 is 17.6 Å². The Hall–Kier alpha value is -3.79. The smallest absolute Gasteiger partial charge is 0.416 e. The first-order valence-electron chi connectivity index (χ1n) is 9.69. The van der Waals surface area contributed by atoms with Crippen molar-refractivity contribution in [1.29, 1.82) is 0 Å². The van der Waals surface area contributed by atoms with E-state index in [1.54, 1.807) is 36.5 Å². The van der Waals surface area contributed by atoms with Crippen molar-refractivity contribution < 1.29 is 22.7 Å². The molecular formula is C22H17ClF3N5O2. The van der Waals surface area contributed by atoms with E-state index in [1.165, 1.54) is 33.9 Å². The quantitative estimate of drug-likeness (QED) is 0.404. The molecule has 2 heterocycles. The first-order chi connectivity index (χ1) is 15.8. The SMILES string of the molecule is O=C(Nc1cnn(Cc2cccc(C(F)(F)F)c2)c1)c1ccn(COc2ccccc2Cl)n1. The van der Waals surface area contributed by atoms with Gasteiger partial charge in [0, 0.05) is 12.4 Å². The molecule has 0 atom stereocenters. The lowest BCUT2D eigenvalue weighted by molar-refractivity contribution is -0.137. The van der Waals surface area contributed by atoms with Crippen LogP contribution in [-0.4, -0.2) is 25.5 Å². The van der Waals surface area contributed by atoms with E-state index in [9.17, 15) is 18.0 Å². The number of benzene rings is 2. The highest BCUT2D eigenvalue weighted by atomic mass is 35.5. The standard InChI is InChI=1S/C22H17ClF3N5O2/c23-18-6-1-2-7-20(18)33-14-30-9-8-19(29-30)21(32)28-17-11-27-31(13-17)12-15-4-3-5-16(10-15)22(24,25)26/h1-11,13H,12,14H2,(H,28,32). The van der Waals surface area contributed by atoms with Crippen LogP contribution in [0.1, 0.15) is 21.6 Å². The Labute approximate surface area is 191 Å². The molecule has 1 amide bonds. The second-order valence-corrected chi connectivity index (χ2v) is 7.43. The Balaban J connectivity index is 1.35. The van der Waals surface area contributed by atoms with Crippen LogP contribution in [0.25, 0.3) is 0 Å². The number of carbonyl (C=O) groups excluding carboxylic acids is 1. The summed E-state index contributed by atoms with van der Waals surface area (Å²) >= 11 is 6.04. The molecule has 4 rings (SSSR count). The number of amides is 1. The number of hydrogen-bond acceptors (Lipinski definition) is 4. The molecule has 1 N–H and O–H groups in total. The van der Waals surface area contributed by atoms with Gasteiger partial charge in [0.15, 0.2) is 12.4 Å². The van der Waals surface area contributed by atoms with Crippen molar-refractivity contribution in [3.63, 3.8) is 0 Å². The van der Waals surface area contributed by atoms with Gasteiger partial charge in [-0.05, 0) is 35.9 Å². The highest BCUT2D eigenvalue weighted by Crippen LogP contribution is 2.29. The third-order valence-electron chi connectivity index (χ3n) is 4.55. The molecule has 0 radical (unpaired) electrons. The van der Waals surface area contributed by atoms with Crippen LogP contribution in [0.4, 0.5) is 18.9 Å². The number of ether oxygens (including phenoxy) is 1. The molecule has 11 heteroatoms. The number of alkyl halides is 3. The molecule has 4 aromatic rings. The van der Waals surface area contributed by atoms with Gasteiger partial charge in [0.2, 0.25) is 0 Å². The molecule has 0 bridgehead atoms. The maximum absolute atomic E-state index is 12.9. The van der Waals surface area contributed by atoms with Crippen molar-refractivity contribution in [2.45, 2.75) is 19.5 Å². The summed E-state index contributed by atoms with van der Waals surface area (Å²) in [4.78, 5) is 12.5. The average molecular weight is 476 g/mol. The van der Waals surface area contributed by atoms with Gasteiger partial charge in [-0.25, -0.2) is 4.68 Å². The number of nitrogens with zero attached hydrogens (tertiary/aromatic N) is 4. The normalized spacial score (nSPS) is 11.4. The highest BCUT2D eigenvalue weighted by molar-refractivity contribution is 6.32. The van der Waals surface area contributed by atoms with E-state index in [-0.39, 0.29) is 19.0 Å². The Kier molecular flexibility index (Phi) is 6.36. The summed E-state index contributed by atoms with van der Waals surface area (Å²) in [6.07, 6.45) is 0.0998. The zero-order valence-corrected chi connectivity index (χ0v) is 17.7. The van der Waals surface area contributed by atoms with Crippen LogP contribution in [-0.2, 0) is 19.5 Å². The van der Waals surface area contributed by atoms with Gasteiger partial charge in [-0.3, -0.25) is 9.48 Å². The number of hydrogen-bond donors (Lipinski definition) is 1. The molecule has 33 heavy (non-hydrogen) atoms. The summed E-state index contributed by atoms with van der Waals surface area (Å²) in [5.41, 5.74) is 0.245. The minimum absolute atomic E-state index is 0.0614. The number of halogens is 4. The lowest BCUT2D eigenvalue weighted by Gasteiger charge is -2.08. The predicted octanol–water partition coefficient (Wildman–Crippen LogP) is 5.09. The Morgan fingerprint density at radius 3 is 2.70 bits per heavy atom. The van der Waals surface area contributed by atoms with Crippen molar-refractivity contribution in [3.05, 3.63) is 95.0 Å². The van der Waals surface area contributed by atoms with Crippen LogP contribution < -0.4 is 10.1 Å². The van der Waals surface area contributed by atoms with E-state index >= 15 is 0 Å². The topological polar surface area (TPSA) is 74.0 Å². The van der Waals surface area contributed by atoms with E-state index in [2.05, 4.69) is 15.5 Å². The lowest BCUT2D eigenvalue weighted by Crippen LogP contribution is -2.14. The monoisotopic (exact) mass is 475 g/mol. The fraction of sp³-hybridized carbons (Fsp3) is 0.136. The zero-order valence-electron chi connectivity index (χ0n) is 17.0. The van der Waals surface area contributed by atoms with Gasteiger partial charge >= 0.3 is 6.18 Å². The number of para-hydroxylation sites is 1. The van der Waals surface area contributed by atoms with Gasteiger partial charge in [-0.15, -0.1) is 0 Å². The zero-order chi connectivity index (χ0) is 23.4. The third-order valence-corrected chi connectivity index (χ3v) is 4.86. The molecule has 2 aromatic carbocycles. The number of rotatable bonds is 7. The fourth-order valence-corrected chi connectivity index (χ4v) is 3.19. The molecule has 0 aliphatic rings. The van der Waals surface area contributed by atoms with Crippen molar-refractivity contribution >= 4 is 23.2 Å². The van der Waals surface area contributed by atoms with Crippen LogP contribution in [0.5, 0.6) is 5.75 Å². The van der Waals surface area contributed by atoms with E-state index in [4.69, 9.17) is 16.3 Å². The number of nitrogens with one attached hydrogen (secondary N) is 1. The highest BCUT2D eigenvalue weighted by Gasteiger charge is 2.30. The van der Waals surface area contributed by atoms with Crippen LogP contribution in [0.2, 0.25) is 5.02 Å². The Morgan fingerprint density at radius 1 is 1.09 bits per heavy atom. The van der Waals surface area contributed by atoms with E-state index in [0.29, 0.717) is 22.0 Å². The van der Waals surface area contributed by atoms with Gasteiger partial charge in [0.25, 0.3) is 5.91 Å². The van der Waals surface area contributed by atoms with Crippen molar-refractivity contribution in [2.75, 3.05) is 5.32 Å². The number of anilines is 1. The molecule has 0 unspecified atom stereocenters. The Bertz CT molecular complexity index is 1270. The molecule has 0 fully saturated rings. The number of aromatic nitrogens is 4. The largest absolute Gasteiger partial charge is 0.470 e. The molecule has 0 aliphatic heterocycles. The minimum Gasteiger partial charge on any atom is -0.470 e. The Morgan fingerprint density at radius 2 is 1.91 bits per heavy atom. The lowest BCUT2D eigenvalue weighted by atomic mass is 10.1. The molecule has 0 saturated heterocycles. The molecule has 0 saturated carbocycles. The summed E-state index contributed by atoms with van der Waals surface area (Å²) in [5, 5.41) is 11.4. The van der Waals surface area contributed by atoms with Gasteiger partial charge in [0.05, 0.1) is 29.0 Å². The molecule has 2 aromatic heterocycles. The van der Waals surface area contributed by atoms with Crippen molar-refractivity contribution in [2.24, 2.45) is 0 Å². The second kappa shape index (κ2) is 9.37. The summed E-state index contributed by atoms with van der Waals surface area (Å²) in [5.74, 6) is 0.0268. The summed E-state index contributed by atoms with van der Waals surface area (Å²) in [6.45, 7) is 0.180. The second-order valence-electron chi connectivity index (χ2n) is 7.02. The minimum atomic E-state index is -4.42. The first kappa shape index (κ1) is 22.4. The van der Waals surface area contributed by atoms with Crippen LogP contribution in [0, 0.1) is 0 Å². The summed E-state index contributed by atoms with van der Waals surface area (Å²) < 4.78 is 47.1. The maximum Gasteiger partial charge on any atom is 0.416 e. The first-order valence-corrected chi connectivity index (χ1v) is 10.1. The van der Waals surface area contributed by atoms with Gasteiger partial charge < -0.3 is 10.1 Å². The molecule has 170 valence electrons. The summed E-state index contributed by atoms with van der Waals surface area (Å²) in [6, 6.07) is 13.5. The van der Waals surface area contributed by atoms with Gasteiger partial charge in [0.1, 0.15) is 5.75 Å². The van der Waals surface area contributed by atoms with Crippen LogP contribution >= 0.6 is 11.6 Å². The van der Waals surface area contributed by atoms with E-state index in [1.807, 2.05) is 0 Å². The molecular weight excluding hydrogens is 459 g/mol.